The predicted molar refractivity (Wildman–Crippen MR) is 151 cm³/mol. The molecule has 0 bridgehead atoms. The molecule has 0 aliphatic rings. The molecule has 190 valence electrons. The Kier molecular flexibility index (Phi) is 5.22. The minimum absolute atomic E-state index is 0.376. The predicted octanol–water partition coefficient (Wildman–Crippen LogP) is 4.88. The highest BCUT2D eigenvalue weighted by atomic mass is 16.2. The smallest absolute Gasteiger partial charge is 0.327 e. The lowest BCUT2D eigenvalue weighted by atomic mass is 10.0. The Morgan fingerprint density at radius 2 is 1.67 bits per heavy atom. The van der Waals surface area contributed by atoms with E-state index in [1.54, 1.807) is 0 Å². The van der Waals surface area contributed by atoms with Gasteiger partial charge in [-0.1, -0.05) is 54.6 Å². The number of tetrazole rings is 1. The summed E-state index contributed by atoms with van der Waals surface area (Å²) in [6.45, 7) is 2.77. The van der Waals surface area contributed by atoms with Gasteiger partial charge in [-0.15, -0.1) is 0 Å². The molecule has 39 heavy (non-hydrogen) atoms. The van der Waals surface area contributed by atoms with Crippen LogP contribution < -0.4 is 5.69 Å². The summed E-state index contributed by atoms with van der Waals surface area (Å²) in [5, 5.41) is 9.88. The van der Waals surface area contributed by atoms with E-state index < -0.39 is 0 Å². The van der Waals surface area contributed by atoms with Gasteiger partial charge in [-0.2, -0.15) is 4.68 Å². The quantitative estimate of drug-likeness (QED) is 0.354. The van der Waals surface area contributed by atoms with Gasteiger partial charge in [0.05, 0.1) is 34.1 Å². The highest BCUT2D eigenvalue weighted by Gasteiger charge is 2.15. The van der Waals surface area contributed by atoms with Crippen LogP contribution in [0.3, 0.4) is 0 Å². The fourth-order valence-corrected chi connectivity index (χ4v) is 5.24. The number of nitrogens with zero attached hydrogens (tertiary/aromatic N) is 7. The van der Waals surface area contributed by atoms with E-state index in [0.717, 1.165) is 55.7 Å². The molecule has 0 saturated heterocycles. The first-order chi connectivity index (χ1) is 19.1. The van der Waals surface area contributed by atoms with Crippen LogP contribution >= 0.6 is 0 Å². The summed E-state index contributed by atoms with van der Waals surface area (Å²) in [6.07, 6.45) is 1.90. The minimum atomic E-state index is -0.376. The Labute approximate surface area is 223 Å². The van der Waals surface area contributed by atoms with Crippen LogP contribution in [0.2, 0.25) is 0 Å². The van der Waals surface area contributed by atoms with E-state index in [-0.39, 0.29) is 5.69 Å². The van der Waals surface area contributed by atoms with E-state index in [1.807, 2.05) is 48.8 Å². The zero-order valence-electron chi connectivity index (χ0n) is 21.4. The number of benzene rings is 4. The highest BCUT2D eigenvalue weighted by molar-refractivity contribution is 5.87. The second kappa shape index (κ2) is 8.91. The number of imidazole rings is 2. The number of hydrogen-bond acceptors (Lipinski definition) is 5. The van der Waals surface area contributed by atoms with Crippen LogP contribution in [0.4, 0.5) is 0 Å². The Morgan fingerprint density at radius 1 is 0.872 bits per heavy atom. The number of aromatic nitrogens is 8. The Morgan fingerprint density at radius 3 is 2.46 bits per heavy atom. The summed E-state index contributed by atoms with van der Waals surface area (Å²) in [6, 6.07) is 28.5. The molecule has 0 saturated carbocycles. The van der Waals surface area contributed by atoms with Crippen LogP contribution in [0.5, 0.6) is 0 Å². The van der Waals surface area contributed by atoms with Crippen molar-refractivity contribution >= 4 is 22.1 Å². The van der Waals surface area contributed by atoms with E-state index >= 15 is 0 Å². The van der Waals surface area contributed by atoms with Gasteiger partial charge in [0.15, 0.2) is 0 Å². The third kappa shape index (κ3) is 3.83. The van der Waals surface area contributed by atoms with Crippen molar-refractivity contribution < 1.29 is 0 Å². The number of rotatable bonds is 5. The maximum atomic E-state index is 12.1. The molecule has 0 fully saturated rings. The molecule has 7 rings (SSSR count). The maximum Gasteiger partial charge on any atom is 0.365 e. The molecule has 0 aliphatic carbocycles. The molecule has 0 atom stereocenters. The second-order valence-electron chi connectivity index (χ2n) is 9.65. The largest absolute Gasteiger partial charge is 0.365 e. The summed E-state index contributed by atoms with van der Waals surface area (Å²) in [4.78, 5) is 21.7. The van der Waals surface area contributed by atoms with Gasteiger partial charge in [-0.05, 0) is 64.4 Å². The summed E-state index contributed by atoms with van der Waals surface area (Å²) in [7, 11) is 2.06. The third-order valence-electron chi connectivity index (χ3n) is 7.18. The molecule has 9 nitrogen and oxygen atoms in total. The van der Waals surface area contributed by atoms with Gasteiger partial charge >= 0.3 is 5.69 Å². The maximum absolute atomic E-state index is 12.1. The normalized spacial score (nSPS) is 11.5. The standard InChI is InChI=1S/C30H24N8O/c1-19-15-22(29-32-24-8-4-6-10-26(24)36(29)2)16-27-28(19)31-18-37(27)17-20-11-13-21(14-12-20)23-7-3-5-9-25(23)38-30(39)33-34-35-38/h3-16,18H,17H2,1-2H3,(H,33,35,39). The van der Waals surface area contributed by atoms with Gasteiger partial charge in [0.2, 0.25) is 0 Å². The van der Waals surface area contributed by atoms with Gasteiger partial charge in [0.1, 0.15) is 5.82 Å². The van der Waals surface area contributed by atoms with Crippen molar-refractivity contribution in [3.8, 4) is 28.2 Å². The first kappa shape index (κ1) is 22.9. The molecule has 0 aliphatic heterocycles. The van der Waals surface area contributed by atoms with Crippen LogP contribution in [-0.4, -0.2) is 39.3 Å². The molecule has 0 unspecified atom stereocenters. The molecule has 1 N–H and O–H groups in total. The van der Waals surface area contributed by atoms with E-state index in [9.17, 15) is 4.79 Å². The zero-order valence-corrected chi connectivity index (χ0v) is 21.4. The molecule has 3 heterocycles. The van der Waals surface area contributed by atoms with Crippen molar-refractivity contribution in [2.75, 3.05) is 0 Å². The fourth-order valence-electron chi connectivity index (χ4n) is 5.24. The fraction of sp³-hybridized carbons (Fsp3) is 0.100. The summed E-state index contributed by atoms with van der Waals surface area (Å²) in [5.41, 5.74) is 9.64. The third-order valence-corrected chi connectivity index (χ3v) is 7.18. The van der Waals surface area contributed by atoms with Gasteiger partial charge in [0, 0.05) is 24.7 Å². The van der Waals surface area contributed by atoms with Crippen LogP contribution in [0.25, 0.3) is 50.3 Å². The summed E-state index contributed by atoms with van der Waals surface area (Å²) < 4.78 is 5.58. The topological polar surface area (TPSA) is 99.2 Å². The SMILES string of the molecule is Cc1cc(-c2nc3ccccc3n2C)cc2c1ncn2Cc1ccc(-c2ccccc2-n2nn[nH]c2=O)cc1. The Bertz CT molecular complexity index is 2040. The van der Waals surface area contributed by atoms with Crippen LogP contribution in [0.1, 0.15) is 11.1 Å². The monoisotopic (exact) mass is 512 g/mol. The van der Waals surface area contributed by atoms with Gasteiger partial charge in [-0.3, -0.25) is 0 Å². The van der Waals surface area contributed by atoms with Crippen LogP contribution in [0, 0.1) is 6.92 Å². The molecular weight excluding hydrogens is 488 g/mol. The average Bonchev–Trinajstić information content (AvgIpc) is 3.67. The molecule has 0 radical (unpaired) electrons. The molecular formula is C30H24N8O. The van der Waals surface area contributed by atoms with Crippen molar-refractivity contribution in [3.05, 3.63) is 113 Å². The average molecular weight is 513 g/mol. The van der Waals surface area contributed by atoms with Crippen molar-refractivity contribution in [1.82, 2.24) is 39.3 Å². The first-order valence-corrected chi connectivity index (χ1v) is 12.6. The number of aryl methyl sites for hydroxylation is 2. The van der Waals surface area contributed by atoms with E-state index in [2.05, 4.69) is 81.1 Å². The minimum Gasteiger partial charge on any atom is -0.327 e. The lowest BCUT2D eigenvalue weighted by molar-refractivity contribution is 0.781. The zero-order chi connectivity index (χ0) is 26.5. The van der Waals surface area contributed by atoms with Crippen molar-refractivity contribution in [3.63, 3.8) is 0 Å². The Balaban J connectivity index is 1.23. The van der Waals surface area contributed by atoms with Crippen molar-refractivity contribution in [1.29, 1.82) is 0 Å². The summed E-state index contributed by atoms with van der Waals surface area (Å²) in [5.74, 6) is 0.934. The summed E-state index contributed by atoms with van der Waals surface area (Å²) >= 11 is 0. The van der Waals surface area contributed by atoms with Crippen LogP contribution in [-0.2, 0) is 13.6 Å². The van der Waals surface area contributed by atoms with Crippen molar-refractivity contribution in [2.45, 2.75) is 13.5 Å². The first-order valence-electron chi connectivity index (χ1n) is 12.6. The number of nitrogens with one attached hydrogen (secondary N) is 1. The highest BCUT2D eigenvalue weighted by Crippen LogP contribution is 2.30. The number of hydrogen-bond donors (Lipinski definition) is 1. The lowest BCUT2D eigenvalue weighted by Crippen LogP contribution is -2.16. The molecule has 4 aromatic carbocycles. The van der Waals surface area contributed by atoms with Gasteiger partial charge < -0.3 is 9.13 Å². The lowest BCUT2D eigenvalue weighted by Gasteiger charge is -2.11. The number of H-pyrrole nitrogens is 1. The van der Waals surface area contributed by atoms with E-state index in [0.29, 0.717) is 12.2 Å². The molecule has 0 spiro atoms. The molecule has 7 aromatic rings. The van der Waals surface area contributed by atoms with Gasteiger partial charge in [0.25, 0.3) is 0 Å². The van der Waals surface area contributed by atoms with Crippen LogP contribution in [0.15, 0.2) is 96.1 Å². The number of aromatic amines is 1. The van der Waals surface area contributed by atoms with Gasteiger partial charge in [-0.25, -0.2) is 19.9 Å². The number of para-hydroxylation sites is 3. The number of fused-ring (bicyclic) bond motifs is 2. The molecule has 0 amide bonds. The molecule has 3 aromatic heterocycles. The second-order valence-corrected chi connectivity index (χ2v) is 9.65. The van der Waals surface area contributed by atoms with Crippen molar-refractivity contribution in [2.24, 2.45) is 7.05 Å². The van der Waals surface area contributed by atoms with E-state index in [1.165, 1.54) is 4.68 Å². The van der Waals surface area contributed by atoms with E-state index in [4.69, 9.17) is 9.97 Å². The molecule has 9 heteroatoms. The Hall–Kier alpha value is -5.31.